The van der Waals surface area contributed by atoms with Gasteiger partial charge in [0.05, 0.1) is 17.1 Å². The van der Waals surface area contributed by atoms with Gasteiger partial charge in [-0.3, -0.25) is 9.80 Å². The minimum Gasteiger partial charge on any atom is -0.450 e. The molecule has 6 aromatic rings. The molecule has 1 N–H and O–H groups in total. The van der Waals surface area contributed by atoms with E-state index in [1.54, 1.807) is 0 Å². The zero-order chi connectivity index (χ0) is 30.2. The molecule has 8 heteroatoms. The van der Waals surface area contributed by atoms with Gasteiger partial charge in [0.15, 0.2) is 0 Å². The molecule has 3 heterocycles. The summed E-state index contributed by atoms with van der Waals surface area (Å²) in [5.74, 6) is -0.235. The minimum atomic E-state index is -0.458. The Morgan fingerprint density at radius 3 is 2.36 bits per heavy atom. The summed E-state index contributed by atoms with van der Waals surface area (Å²) in [6, 6.07) is 32.1. The third kappa shape index (κ3) is 5.16. The van der Waals surface area contributed by atoms with Crippen molar-refractivity contribution in [3.8, 4) is 11.1 Å². The maximum absolute atomic E-state index is 14.0. The molecule has 0 radical (unpaired) electrons. The van der Waals surface area contributed by atoms with E-state index < -0.39 is 5.63 Å². The molecule has 7 rings (SSSR count). The van der Waals surface area contributed by atoms with Crippen molar-refractivity contribution in [1.29, 1.82) is 0 Å². The van der Waals surface area contributed by atoms with Crippen LogP contribution in [0.1, 0.15) is 39.7 Å². The van der Waals surface area contributed by atoms with Crippen molar-refractivity contribution >= 4 is 45.2 Å². The maximum atomic E-state index is 14.0. The summed E-state index contributed by atoms with van der Waals surface area (Å²) in [4.78, 5) is 26.4. The van der Waals surface area contributed by atoms with Crippen LogP contribution in [0.25, 0.3) is 33.1 Å². The highest BCUT2D eigenvalue weighted by molar-refractivity contribution is 6.30. The fraction of sp³-hybridized carbons (Fsp3) is 0.139. The number of aryl methyl sites for hydroxylation is 1. The Hall–Kier alpha value is -5.14. The van der Waals surface area contributed by atoms with E-state index in [0.29, 0.717) is 33.7 Å². The molecular weight excluding hydrogens is 574 g/mol. The second-order valence-corrected chi connectivity index (χ2v) is 11.3. The molecule has 44 heavy (non-hydrogen) atoms. The van der Waals surface area contributed by atoms with Crippen LogP contribution in [0.5, 0.6) is 0 Å². The lowest BCUT2D eigenvalue weighted by Gasteiger charge is -2.27. The molecule has 1 atom stereocenters. The number of furan rings is 1. The van der Waals surface area contributed by atoms with Crippen molar-refractivity contribution < 1.29 is 13.6 Å². The molecule has 0 fully saturated rings. The predicted octanol–water partition coefficient (Wildman–Crippen LogP) is 7.75. The molecule has 0 saturated heterocycles. The summed E-state index contributed by atoms with van der Waals surface area (Å²) in [5, 5.41) is 12.1. The van der Waals surface area contributed by atoms with Crippen LogP contribution >= 0.6 is 11.6 Å². The van der Waals surface area contributed by atoms with E-state index in [2.05, 4.69) is 17.4 Å². The van der Waals surface area contributed by atoms with Gasteiger partial charge in [0.25, 0.3) is 5.91 Å². The number of hydrogen-bond donors (Lipinski definition) is 1. The Labute approximate surface area is 258 Å². The number of carbonyl (C=O) groups excluding carboxylic acids is 1. The highest BCUT2D eigenvalue weighted by Crippen LogP contribution is 2.39. The van der Waals surface area contributed by atoms with Crippen molar-refractivity contribution in [2.24, 2.45) is 5.10 Å². The number of benzene rings is 4. The van der Waals surface area contributed by atoms with Gasteiger partial charge in [0, 0.05) is 41.5 Å². The summed E-state index contributed by atoms with van der Waals surface area (Å²) in [7, 11) is 0. The smallest absolute Gasteiger partial charge is 0.336 e. The van der Waals surface area contributed by atoms with Crippen LogP contribution in [-0.4, -0.2) is 29.7 Å². The van der Waals surface area contributed by atoms with Crippen LogP contribution in [-0.2, 0) is 0 Å². The lowest BCUT2D eigenvalue weighted by molar-refractivity contribution is 0.0911. The van der Waals surface area contributed by atoms with Crippen LogP contribution in [0.2, 0.25) is 5.02 Å². The maximum Gasteiger partial charge on any atom is 0.336 e. The number of carbonyl (C=O) groups is 1. The first-order chi connectivity index (χ1) is 21.5. The van der Waals surface area contributed by atoms with Gasteiger partial charge in [-0.05, 0) is 53.4 Å². The second kappa shape index (κ2) is 11.5. The molecule has 1 aliphatic rings. The Morgan fingerprint density at radius 2 is 1.64 bits per heavy atom. The zero-order valence-corrected chi connectivity index (χ0v) is 24.7. The number of halogens is 1. The molecule has 2 aromatic heterocycles. The summed E-state index contributed by atoms with van der Waals surface area (Å²) in [6.45, 7) is 2.84. The first kappa shape index (κ1) is 27.7. The highest BCUT2D eigenvalue weighted by atomic mass is 35.5. The summed E-state index contributed by atoms with van der Waals surface area (Å²) < 4.78 is 11.9. The van der Waals surface area contributed by atoms with Crippen molar-refractivity contribution in [2.45, 2.75) is 19.4 Å². The van der Waals surface area contributed by atoms with E-state index in [9.17, 15) is 9.59 Å². The molecule has 0 saturated carbocycles. The van der Waals surface area contributed by atoms with Gasteiger partial charge < -0.3 is 14.2 Å². The molecule has 1 unspecified atom stereocenters. The number of rotatable bonds is 7. The summed E-state index contributed by atoms with van der Waals surface area (Å²) in [6.07, 6.45) is 0.793. The average molecular weight is 602 g/mol. The molecule has 1 aliphatic heterocycles. The monoisotopic (exact) mass is 601 g/mol. The number of fused-ring (bicyclic) bond motifs is 3. The van der Waals surface area contributed by atoms with Crippen LogP contribution < -0.4 is 10.9 Å². The van der Waals surface area contributed by atoms with E-state index >= 15 is 0 Å². The Balaban J connectivity index is 1.27. The van der Waals surface area contributed by atoms with E-state index in [0.717, 1.165) is 39.8 Å². The topological polar surface area (TPSA) is 88.0 Å². The van der Waals surface area contributed by atoms with Crippen molar-refractivity contribution in [1.82, 2.24) is 10.3 Å². The molecule has 1 amide bonds. The minimum absolute atomic E-state index is 0.146. The van der Waals surface area contributed by atoms with Gasteiger partial charge in [0.1, 0.15) is 11.2 Å². The molecular formula is C36H28ClN3O4. The van der Waals surface area contributed by atoms with Crippen LogP contribution in [0.15, 0.2) is 122 Å². The van der Waals surface area contributed by atoms with Gasteiger partial charge in [-0.1, -0.05) is 84.4 Å². The second-order valence-electron chi connectivity index (χ2n) is 10.8. The Bertz CT molecular complexity index is 2080. The third-order valence-corrected chi connectivity index (χ3v) is 8.30. The van der Waals surface area contributed by atoms with Crippen molar-refractivity contribution in [3.05, 3.63) is 141 Å². The summed E-state index contributed by atoms with van der Waals surface area (Å²) >= 11 is 6.21. The van der Waals surface area contributed by atoms with Gasteiger partial charge in [0.2, 0.25) is 5.76 Å². The average Bonchev–Trinajstić information content (AvgIpc) is 3.69. The van der Waals surface area contributed by atoms with Crippen molar-refractivity contribution in [2.75, 3.05) is 13.1 Å². The summed E-state index contributed by atoms with van der Waals surface area (Å²) in [5.41, 5.74) is 5.60. The largest absolute Gasteiger partial charge is 0.450 e. The fourth-order valence-corrected chi connectivity index (χ4v) is 6.01. The normalized spacial score (nSPS) is 13.8. The number of nitrogens with zero attached hydrogens (tertiary/aromatic N) is 2. The number of hydrazone groups is 1. The third-order valence-electron chi connectivity index (χ3n) is 8.04. The number of hydrogen-bond acceptors (Lipinski definition) is 6. The molecule has 0 spiro atoms. The zero-order valence-electron chi connectivity index (χ0n) is 23.9. The van der Waals surface area contributed by atoms with Crippen molar-refractivity contribution in [3.63, 3.8) is 0 Å². The molecule has 218 valence electrons. The van der Waals surface area contributed by atoms with Crippen LogP contribution in [0, 0.1) is 6.92 Å². The van der Waals surface area contributed by atoms with E-state index in [-0.39, 0.29) is 24.3 Å². The number of nitrogens with one attached hydrogen (secondary N) is 1. The molecule has 4 aromatic carbocycles. The van der Waals surface area contributed by atoms with E-state index in [4.69, 9.17) is 25.5 Å². The standard InChI is InChI=1S/C36H28ClN3O4/c1-22-20-31(41)44-34-27(22)16-17-30-33(34)32(25-10-6-3-7-11-25)35(43-30)36(42)38-21-29(24-12-14-26(37)15-13-24)40-19-18-28(39-40)23-8-4-2-5-9-23/h2-17,20,29H,18-19,21H2,1H3,(H,38,42). The van der Waals surface area contributed by atoms with Gasteiger partial charge in [-0.15, -0.1) is 0 Å². The SMILES string of the molecule is Cc1cc(=O)oc2c1ccc1oc(C(=O)NCC(c3ccc(Cl)cc3)N3CCC(c4ccccc4)=N3)c(-c3ccccc3)c12. The first-order valence-corrected chi connectivity index (χ1v) is 14.8. The Morgan fingerprint density at radius 1 is 0.932 bits per heavy atom. The predicted molar refractivity (Wildman–Crippen MR) is 173 cm³/mol. The molecule has 0 aliphatic carbocycles. The Kier molecular flexibility index (Phi) is 7.24. The van der Waals surface area contributed by atoms with Gasteiger partial charge in [-0.2, -0.15) is 5.10 Å². The molecule has 0 bridgehead atoms. The quantitative estimate of drug-likeness (QED) is 0.189. The highest BCUT2D eigenvalue weighted by Gasteiger charge is 2.29. The lowest BCUT2D eigenvalue weighted by atomic mass is 9.99. The molecule has 7 nitrogen and oxygen atoms in total. The van der Waals surface area contributed by atoms with Crippen LogP contribution in [0.4, 0.5) is 0 Å². The lowest BCUT2D eigenvalue weighted by Crippen LogP contribution is -2.35. The van der Waals surface area contributed by atoms with Gasteiger partial charge in [-0.25, -0.2) is 4.79 Å². The first-order valence-electron chi connectivity index (χ1n) is 14.4. The van der Waals surface area contributed by atoms with Gasteiger partial charge >= 0.3 is 5.63 Å². The van der Waals surface area contributed by atoms with E-state index in [1.807, 2.05) is 96.9 Å². The fourth-order valence-electron chi connectivity index (χ4n) is 5.89. The van der Waals surface area contributed by atoms with Crippen LogP contribution in [0.3, 0.4) is 0 Å². The van der Waals surface area contributed by atoms with E-state index in [1.165, 1.54) is 6.07 Å². The number of amides is 1.